The Kier molecular flexibility index (Phi) is 4.51. The van der Waals surface area contributed by atoms with Gasteiger partial charge in [0.15, 0.2) is 0 Å². The van der Waals surface area contributed by atoms with E-state index in [0.29, 0.717) is 5.92 Å². The van der Waals surface area contributed by atoms with Crippen molar-refractivity contribution >= 4 is 0 Å². The van der Waals surface area contributed by atoms with Crippen LogP contribution in [-0.4, -0.2) is 11.2 Å². The lowest BCUT2D eigenvalue weighted by Crippen LogP contribution is -2.17. The van der Waals surface area contributed by atoms with E-state index in [9.17, 15) is 5.11 Å². The van der Waals surface area contributed by atoms with Crippen molar-refractivity contribution in [1.29, 1.82) is 0 Å². The van der Waals surface area contributed by atoms with Crippen LogP contribution in [0.2, 0.25) is 0 Å². The second-order valence-electron chi connectivity index (χ2n) is 4.49. The first kappa shape index (κ1) is 10.8. The van der Waals surface area contributed by atoms with Gasteiger partial charge < -0.3 is 5.11 Å². The van der Waals surface area contributed by atoms with Crippen LogP contribution in [0.5, 0.6) is 0 Å². The van der Waals surface area contributed by atoms with Gasteiger partial charge in [-0.3, -0.25) is 0 Å². The van der Waals surface area contributed by atoms with Crippen LogP contribution in [0.1, 0.15) is 52.4 Å². The van der Waals surface area contributed by atoms with Crippen molar-refractivity contribution in [3.63, 3.8) is 0 Å². The zero-order valence-electron chi connectivity index (χ0n) is 8.92. The molecule has 76 valence electrons. The zero-order chi connectivity index (χ0) is 9.68. The monoisotopic (exact) mass is 182 g/mol. The van der Waals surface area contributed by atoms with Crippen LogP contribution in [0.25, 0.3) is 0 Å². The molecule has 1 atom stereocenters. The number of hydrogen-bond donors (Lipinski definition) is 1. The van der Waals surface area contributed by atoms with E-state index in [0.717, 1.165) is 0 Å². The third-order valence-electron chi connectivity index (χ3n) is 2.89. The standard InChI is InChI=1S/C12H22O/c1-10(2)9-12(13)11-7-5-3-4-6-8-11/h9,11-13H,3-8H2,1-2H3. The van der Waals surface area contributed by atoms with Crippen LogP contribution >= 0.6 is 0 Å². The summed E-state index contributed by atoms with van der Waals surface area (Å²) in [4.78, 5) is 0. The molecule has 1 unspecified atom stereocenters. The normalized spacial score (nSPS) is 22.1. The number of aliphatic hydroxyl groups is 1. The summed E-state index contributed by atoms with van der Waals surface area (Å²) in [7, 11) is 0. The van der Waals surface area contributed by atoms with Gasteiger partial charge in [-0.15, -0.1) is 0 Å². The predicted molar refractivity (Wildman–Crippen MR) is 56.6 cm³/mol. The van der Waals surface area contributed by atoms with Crippen molar-refractivity contribution in [1.82, 2.24) is 0 Å². The highest BCUT2D eigenvalue weighted by atomic mass is 16.3. The minimum absolute atomic E-state index is 0.192. The molecule has 0 bridgehead atoms. The number of rotatable bonds is 2. The van der Waals surface area contributed by atoms with Gasteiger partial charge in [0.1, 0.15) is 0 Å². The van der Waals surface area contributed by atoms with Gasteiger partial charge in [0, 0.05) is 0 Å². The van der Waals surface area contributed by atoms with Gasteiger partial charge in [0.25, 0.3) is 0 Å². The summed E-state index contributed by atoms with van der Waals surface area (Å²) in [6.45, 7) is 4.11. The average Bonchev–Trinajstić information content (AvgIpc) is 2.29. The first-order valence-corrected chi connectivity index (χ1v) is 5.53. The van der Waals surface area contributed by atoms with Gasteiger partial charge in [-0.25, -0.2) is 0 Å². The van der Waals surface area contributed by atoms with Crippen molar-refractivity contribution in [3.8, 4) is 0 Å². The summed E-state index contributed by atoms with van der Waals surface area (Å²) in [6, 6.07) is 0. The second-order valence-corrected chi connectivity index (χ2v) is 4.49. The molecule has 0 heterocycles. The van der Waals surface area contributed by atoms with Crippen LogP contribution in [-0.2, 0) is 0 Å². The maximum absolute atomic E-state index is 9.89. The van der Waals surface area contributed by atoms with Crippen LogP contribution in [0.15, 0.2) is 11.6 Å². The largest absolute Gasteiger partial charge is 0.389 e. The first-order chi connectivity index (χ1) is 6.20. The molecule has 1 aliphatic rings. The van der Waals surface area contributed by atoms with Crippen molar-refractivity contribution in [2.75, 3.05) is 0 Å². The fourth-order valence-electron chi connectivity index (χ4n) is 2.13. The molecule has 0 aromatic heterocycles. The van der Waals surface area contributed by atoms with Gasteiger partial charge in [-0.1, -0.05) is 37.3 Å². The lowest BCUT2D eigenvalue weighted by Gasteiger charge is -2.18. The van der Waals surface area contributed by atoms with Crippen LogP contribution < -0.4 is 0 Å². The van der Waals surface area contributed by atoms with Crippen LogP contribution in [0.4, 0.5) is 0 Å². The van der Waals surface area contributed by atoms with E-state index in [4.69, 9.17) is 0 Å². The summed E-state index contributed by atoms with van der Waals surface area (Å²) >= 11 is 0. The van der Waals surface area contributed by atoms with E-state index in [-0.39, 0.29) is 6.10 Å². The predicted octanol–water partition coefficient (Wildman–Crippen LogP) is 3.28. The Morgan fingerprint density at radius 2 is 1.69 bits per heavy atom. The van der Waals surface area contributed by atoms with E-state index < -0.39 is 0 Å². The Balaban J connectivity index is 2.43. The fourth-order valence-corrected chi connectivity index (χ4v) is 2.13. The van der Waals surface area contributed by atoms with Crippen LogP contribution in [0.3, 0.4) is 0 Å². The highest BCUT2D eigenvalue weighted by Gasteiger charge is 2.18. The molecular weight excluding hydrogens is 160 g/mol. The molecule has 13 heavy (non-hydrogen) atoms. The molecule has 1 nitrogen and oxygen atoms in total. The Bertz CT molecular complexity index is 160. The zero-order valence-corrected chi connectivity index (χ0v) is 8.92. The Morgan fingerprint density at radius 1 is 1.15 bits per heavy atom. The molecule has 1 N–H and O–H groups in total. The van der Waals surface area contributed by atoms with Gasteiger partial charge in [-0.05, 0) is 32.6 Å². The minimum Gasteiger partial charge on any atom is -0.389 e. The highest BCUT2D eigenvalue weighted by Crippen LogP contribution is 2.26. The van der Waals surface area contributed by atoms with E-state index in [1.54, 1.807) is 0 Å². The molecule has 1 saturated carbocycles. The van der Waals surface area contributed by atoms with Crippen molar-refractivity contribution < 1.29 is 5.11 Å². The number of aliphatic hydroxyl groups excluding tert-OH is 1. The number of hydrogen-bond acceptors (Lipinski definition) is 1. The van der Waals surface area contributed by atoms with Crippen molar-refractivity contribution in [2.24, 2.45) is 5.92 Å². The van der Waals surface area contributed by atoms with Crippen LogP contribution in [0, 0.1) is 5.92 Å². The molecule has 1 fully saturated rings. The Hall–Kier alpha value is -0.300. The van der Waals surface area contributed by atoms with E-state index in [2.05, 4.69) is 13.8 Å². The summed E-state index contributed by atoms with van der Waals surface area (Å²) in [6.07, 6.45) is 9.57. The topological polar surface area (TPSA) is 20.2 Å². The molecular formula is C12H22O. The maximum Gasteiger partial charge on any atom is 0.0751 e. The SMILES string of the molecule is CC(C)=CC(O)C1CCCCCC1. The summed E-state index contributed by atoms with van der Waals surface area (Å²) in [5, 5.41) is 9.89. The molecule has 1 aliphatic carbocycles. The molecule has 0 spiro atoms. The molecule has 0 aliphatic heterocycles. The first-order valence-electron chi connectivity index (χ1n) is 5.53. The minimum atomic E-state index is -0.192. The van der Waals surface area contributed by atoms with E-state index >= 15 is 0 Å². The average molecular weight is 182 g/mol. The van der Waals surface area contributed by atoms with Gasteiger partial charge in [-0.2, -0.15) is 0 Å². The molecule has 0 radical (unpaired) electrons. The highest BCUT2D eigenvalue weighted by molar-refractivity contribution is 5.00. The molecule has 0 aromatic rings. The van der Waals surface area contributed by atoms with Crippen molar-refractivity contribution in [2.45, 2.75) is 58.5 Å². The fraction of sp³-hybridized carbons (Fsp3) is 0.833. The van der Waals surface area contributed by atoms with E-state index in [1.165, 1.54) is 44.1 Å². The van der Waals surface area contributed by atoms with Gasteiger partial charge >= 0.3 is 0 Å². The quantitative estimate of drug-likeness (QED) is 0.513. The smallest absolute Gasteiger partial charge is 0.0751 e. The molecule has 0 saturated heterocycles. The summed E-state index contributed by atoms with van der Waals surface area (Å²) in [5.41, 5.74) is 1.23. The Labute approximate surface area is 81.9 Å². The van der Waals surface area contributed by atoms with Crippen molar-refractivity contribution in [3.05, 3.63) is 11.6 Å². The summed E-state index contributed by atoms with van der Waals surface area (Å²) < 4.78 is 0. The number of allylic oxidation sites excluding steroid dienone is 1. The maximum atomic E-state index is 9.89. The summed E-state index contributed by atoms with van der Waals surface area (Å²) in [5.74, 6) is 0.525. The van der Waals surface area contributed by atoms with Gasteiger partial charge in [0.2, 0.25) is 0 Å². The molecule has 0 aromatic carbocycles. The third-order valence-corrected chi connectivity index (χ3v) is 2.89. The molecule has 0 amide bonds. The third kappa shape index (κ3) is 3.95. The molecule has 1 rings (SSSR count). The lowest BCUT2D eigenvalue weighted by molar-refractivity contribution is 0.141. The second kappa shape index (κ2) is 5.43. The Morgan fingerprint density at radius 3 is 2.15 bits per heavy atom. The lowest BCUT2D eigenvalue weighted by atomic mass is 9.93. The van der Waals surface area contributed by atoms with Gasteiger partial charge in [0.05, 0.1) is 6.10 Å². The molecule has 1 heteroatoms. The van der Waals surface area contributed by atoms with E-state index in [1.807, 2.05) is 6.08 Å².